The number of hydrogen-bond acceptors (Lipinski definition) is 3. The van der Waals surface area contributed by atoms with E-state index in [-0.39, 0.29) is 18.0 Å². The van der Waals surface area contributed by atoms with Gasteiger partial charge in [-0.2, -0.15) is 0 Å². The van der Waals surface area contributed by atoms with Gasteiger partial charge >= 0.3 is 11.9 Å². The highest BCUT2D eigenvalue weighted by molar-refractivity contribution is 5.98. The lowest BCUT2D eigenvalue weighted by molar-refractivity contribution is -0.151. The van der Waals surface area contributed by atoms with Crippen LogP contribution in [-0.2, 0) is 16.1 Å². The van der Waals surface area contributed by atoms with Crippen molar-refractivity contribution in [2.45, 2.75) is 51.5 Å². The highest BCUT2D eigenvalue weighted by Gasteiger charge is 2.44. The van der Waals surface area contributed by atoms with Crippen LogP contribution >= 0.6 is 0 Å². The normalized spacial score (nSPS) is 16.7. The number of benzene rings is 3. The lowest BCUT2D eigenvalue weighted by Crippen LogP contribution is -2.44. The largest absolute Gasteiger partial charge is 0.481 e. The predicted octanol–water partition coefficient (Wildman–Crippen LogP) is 5.98. The molecule has 0 aliphatic heterocycles. The number of aromatic carboxylic acids is 1. The third-order valence-corrected chi connectivity index (χ3v) is 7.77. The second-order valence-electron chi connectivity index (χ2n) is 10.4. The van der Waals surface area contributed by atoms with E-state index in [0.29, 0.717) is 37.3 Å². The van der Waals surface area contributed by atoms with E-state index < -0.39 is 17.4 Å². The molecule has 0 unspecified atom stereocenters. The van der Waals surface area contributed by atoms with Crippen molar-refractivity contribution < 1.29 is 24.6 Å². The minimum Gasteiger partial charge on any atom is -0.481 e. The third kappa shape index (κ3) is 4.99. The van der Waals surface area contributed by atoms with Crippen LogP contribution in [0, 0.1) is 11.3 Å². The van der Waals surface area contributed by atoms with Gasteiger partial charge in [0.1, 0.15) is 0 Å². The van der Waals surface area contributed by atoms with E-state index in [1.165, 1.54) is 0 Å². The molecule has 2 fully saturated rings. The second kappa shape index (κ2) is 9.76. The van der Waals surface area contributed by atoms with E-state index >= 15 is 0 Å². The summed E-state index contributed by atoms with van der Waals surface area (Å²) in [6.07, 6.45) is 5.66. The Balaban J connectivity index is 1.41. The number of carbonyl (C=O) groups excluding carboxylic acids is 1. The van der Waals surface area contributed by atoms with Gasteiger partial charge < -0.3 is 15.1 Å². The van der Waals surface area contributed by atoms with Gasteiger partial charge in [-0.1, -0.05) is 55.3 Å². The molecule has 0 heterocycles. The van der Waals surface area contributed by atoms with Gasteiger partial charge in [0.05, 0.1) is 11.0 Å². The van der Waals surface area contributed by atoms with Crippen molar-refractivity contribution in [3.05, 3.63) is 71.8 Å². The molecule has 0 atom stereocenters. The van der Waals surface area contributed by atoms with Crippen LogP contribution < -0.4 is 0 Å². The Morgan fingerprint density at radius 2 is 1.58 bits per heavy atom. The fraction of sp³-hybridized carbons (Fsp3) is 0.367. The predicted molar refractivity (Wildman–Crippen MR) is 138 cm³/mol. The van der Waals surface area contributed by atoms with Gasteiger partial charge in [-0.25, -0.2) is 4.79 Å². The van der Waals surface area contributed by atoms with E-state index in [1.807, 2.05) is 48.5 Å². The first-order valence-electron chi connectivity index (χ1n) is 12.7. The number of nitrogens with zero attached hydrogens (tertiary/aromatic N) is 1. The van der Waals surface area contributed by atoms with Crippen molar-refractivity contribution in [1.29, 1.82) is 0 Å². The number of fused-ring (bicyclic) bond motifs is 1. The van der Waals surface area contributed by atoms with Crippen LogP contribution in [0.1, 0.15) is 60.9 Å². The molecule has 3 aromatic carbocycles. The summed E-state index contributed by atoms with van der Waals surface area (Å²) < 4.78 is 0. The van der Waals surface area contributed by atoms with Crippen LogP contribution in [0.15, 0.2) is 60.7 Å². The summed E-state index contributed by atoms with van der Waals surface area (Å²) in [7, 11) is 0. The molecule has 1 amide bonds. The summed E-state index contributed by atoms with van der Waals surface area (Å²) in [5, 5.41) is 21.5. The van der Waals surface area contributed by atoms with Crippen molar-refractivity contribution >= 4 is 28.6 Å². The molecule has 6 nitrogen and oxygen atoms in total. The summed E-state index contributed by atoms with van der Waals surface area (Å²) in [5.41, 5.74) is 1.88. The average molecular weight is 486 g/mol. The van der Waals surface area contributed by atoms with E-state index in [2.05, 4.69) is 0 Å². The van der Waals surface area contributed by atoms with Gasteiger partial charge in [-0.05, 0) is 77.3 Å². The van der Waals surface area contributed by atoms with Crippen molar-refractivity contribution in [3.8, 4) is 11.1 Å². The second-order valence-corrected chi connectivity index (χ2v) is 10.4. The van der Waals surface area contributed by atoms with Gasteiger partial charge in [0.15, 0.2) is 0 Å². The smallest absolute Gasteiger partial charge is 0.336 e. The molecule has 6 heteroatoms. The summed E-state index contributed by atoms with van der Waals surface area (Å²) in [6.45, 7) is 0.650. The first-order valence-corrected chi connectivity index (χ1v) is 12.7. The van der Waals surface area contributed by atoms with Gasteiger partial charge in [-0.3, -0.25) is 9.59 Å². The molecule has 0 aromatic heterocycles. The molecular formula is C30H31NO5. The minimum absolute atomic E-state index is 0.0470. The van der Waals surface area contributed by atoms with Crippen LogP contribution in [-0.4, -0.2) is 39.5 Å². The molecule has 2 N–H and O–H groups in total. The zero-order valence-corrected chi connectivity index (χ0v) is 20.3. The molecule has 2 saturated carbocycles. The Kier molecular flexibility index (Phi) is 6.52. The maximum atomic E-state index is 13.2. The Bertz CT molecular complexity index is 1320. The first-order chi connectivity index (χ1) is 17.3. The number of carboxylic acids is 2. The van der Waals surface area contributed by atoms with Crippen LogP contribution in [0.25, 0.3) is 21.9 Å². The van der Waals surface area contributed by atoms with Crippen molar-refractivity contribution in [2.75, 3.05) is 6.54 Å². The molecule has 2 aliphatic carbocycles. The molecule has 0 saturated heterocycles. The quantitative estimate of drug-likeness (QED) is 0.389. The van der Waals surface area contributed by atoms with Crippen LogP contribution in [0.3, 0.4) is 0 Å². The molecule has 2 aliphatic rings. The lowest BCUT2D eigenvalue weighted by Gasteiger charge is -2.32. The number of hydrogen-bond donors (Lipinski definition) is 2. The lowest BCUT2D eigenvalue weighted by atomic mass is 9.85. The summed E-state index contributed by atoms with van der Waals surface area (Å²) in [6, 6.07) is 18.8. The molecular weight excluding hydrogens is 454 g/mol. The summed E-state index contributed by atoms with van der Waals surface area (Å²) >= 11 is 0. The van der Waals surface area contributed by atoms with E-state index in [9.17, 15) is 24.6 Å². The highest BCUT2D eigenvalue weighted by atomic mass is 16.4. The Morgan fingerprint density at radius 1 is 0.889 bits per heavy atom. The zero-order chi connectivity index (χ0) is 25.3. The molecule has 5 rings (SSSR count). The Hall–Kier alpha value is -3.67. The van der Waals surface area contributed by atoms with Gasteiger partial charge in [0.25, 0.3) is 0 Å². The number of carboxylic acid groups (broad SMARTS) is 2. The van der Waals surface area contributed by atoms with Crippen LogP contribution in [0.5, 0.6) is 0 Å². The maximum Gasteiger partial charge on any atom is 0.336 e. The monoisotopic (exact) mass is 485 g/mol. The number of rotatable bonds is 9. The zero-order valence-electron chi connectivity index (χ0n) is 20.3. The summed E-state index contributed by atoms with van der Waals surface area (Å²) in [5.74, 6) is -1.27. The average Bonchev–Trinajstić information content (AvgIpc) is 3.56. The Morgan fingerprint density at radius 3 is 2.28 bits per heavy atom. The topological polar surface area (TPSA) is 94.9 Å². The van der Waals surface area contributed by atoms with E-state index in [0.717, 1.165) is 47.6 Å². The molecule has 0 bridgehead atoms. The van der Waals surface area contributed by atoms with Crippen molar-refractivity contribution in [3.63, 3.8) is 0 Å². The van der Waals surface area contributed by atoms with Crippen molar-refractivity contribution in [1.82, 2.24) is 4.90 Å². The highest BCUT2D eigenvalue weighted by Crippen LogP contribution is 2.40. The minimum atomic E-state index is -0.960. The summed E-state index contributed by atoms with van der Waals surface area (Å²) in [4.78, 5) is 38.8. The fourth-order valence-corrected chi connectivity index (χ4v) is 5.49. The van der Waals surface area contributed by atoms with E-state index in [4.69, 9.17) is 0 Å². The Labute approximate surface area is 210 Å². The fourth-order valence-electron chi connectivity index (χ4n) is 5.49. The molecule has 0 radical (unpaired) electrons. The molecule has 3 aromatic rings. The van der Waals surface area contributed by atoms with Gasteiger partial charge in [-0.15, -0.1) is 0 Å². The molecule has 0 spiro atoms. The van der Waals surface area contributed by atoms with Gasteiger partial charge in [0.2, 0.25) is 5.91 Å². The first kappa shape index (κ1) is 24.0. The van der Waals surface area contributed by atoms with Crippen molar-refractivity contribution in [2.24, 2.45) is 11.3 Å². The number of aliphatic carboxylic acids is 1. The van der Waals surface area contributed by atoms with Crippen LogP contribution in [0.2, 0.25) is 0 Å². The number of carbonyl (C=O) groups is 3. The number of amides is 1. The third-order valence-electron chi connectivity index (χ3n) is 7.77. The van der Waals surface area contributed by atoms with Crippen LogP contribution in [0.4, 0.5) is 0 Å². The van der Waals surface area contributed by atoms with Gasteiger partial charge in [0, 0.05) is 19.5 Å². The SMILES string of the molecule is O=C(O)c1ccccc1-c1ccc2cc(CN(CC3(C(=O)O)CCCC3)C(=O)CC3CC3)ccc2c1. The van der Waals surface area contributed by atoms with E-state index in [1.54, 1.807) is 17.0 Å². The maximum absolute atomic E-state index is 13.2. The standard InChI is InChI=1S/C30H31NO5/c32-27(16-20-7-8-20)31(19-30(29(35)36)13-3-4-14-30)18-21-9-10-23-17-24(12-11-22(23)15-21)25-5-1-2-6-26(25)28(33)34/h1-2,5-6,9-12,15,17,20H,3-4,7-8,13-14,16,18-19H2,(H,33,34)(H,35,36). The molecule has 36 heavy (non-hydrogen) atoms. The molecule has 186 valence electrons.